The van der Waals surface area contributed by atoms with Crippen LogP contribution in [0.25, 0.3) is 0 Å². The Labute approximate surface area is 165 Å². The number of furan rings is 1. The third kappa shape index (κ3) is 5.36. The number of benzene rings is 1. The first kappa shape index (κ1) is 19.9. The van der Waals surface area contributed by atoms with Crippen LogP contribution < -0.4 is 10.6 Å². The van der Waals surface area contributed by atoms with Crippen LogP contribution in [0.1, 0.15) is 29.9 Å². The second-order valence-corrected chi connectivity index (χ2v) is 6.69. The molecule has 1 saturated heterocycles. The lowest BCUT2D eigenvalue weighted by Crippen LogP contribution is -2.48. The van der Waals surface area contributed by atoms with Gasteiger partial charge in [-0.1, -0.05) is 24.3 Å². The van der Waals surface area contributed by atoms with Gasteiger partial charge in [0, 0.05) is 13.1 Å². The highest BCUT2D eigenvalue weighted by Crippen LogP contribution is 2.24. The van der Waals surface area contributed by atoms with Crippen molar-refractivity contribution >= 4 is 11.9 Å². The van der Waals surface area contributed by atoms with Crippen LogP contribution in [0.3, 0.4) is 0 Å². The number of aliphatic imine (C=N–C) groups is 1. The number of aryl methyl sites for hydroxylation is 1. The predicted molar refractivity (Wildman–Crippen MR) is 108 cm³/mol. The van der Waals surface area contributed by atoms with Gasteiger partial charge in [-0.25, -0.2) is 4.99 Å². The van der Waals surface area contributed by atoms with E-state index in [0.29, 0.717) is 19.7 Å². The summed E-state index contributed by atoms with van der Waals surface area (Å²) in [7, 11) is 0. The molecule has 1 amide bonds. The lowest BCUT2D eigenvalue weighted by atomic mass is 10.0. The van der Waals surface area contributed by atoms with E-state index in [1.165, 1.54) is 11.1 Å². The maximum absolute atomic E-state index is 12.1. The summed E-state index contributed by atoms with van der Waals surface area (Å²) in [5.41, 5.74) is 2.41. The molecule has 1 aliphatic rings. The summed E-state index contributed by atoms with van der Waals surface area (Å²) >= 11 is 0. The number of amides is 1. The summed E-state index contributed by atoms with van der Waals surface area (Å²) in [6.07, 6.45) is 1.58. The van der Waals surface area contributed by atoms with Crippen molar-refractivity contribution in [1.29, 1.82) is 0 Å². The Morgan fingerprint density at radius 3 is 2.86 bits per heavy atom. The minimum absolute atomic E-state index is 0.00779. The zero-order chi connectivity index (χ0) is 19.8. The highest BCUT2D eigenvalue weighted by Gasteiger charge is 2.25. The average Bonchev–Trinajstić information content (AvgIpc) is 3.24. The molecule has 1 unspecified atom stereocenters. The number of morpholine rings is 1. The minimum Gasteiger partial charge on any atom is -0.467 e. The standard InChI is InChI=1S/C21H28N4O3/c1-3-22-21(24-14-20(26)23-13-17-8-6-11-27-17)25-10-12-28-19(15-25)18-9-5-4-7-16(18)2/h4-9,11,19H,3,10,12-15H2,1-2H3,(H,22,24)(H,23,26). The van der Waals surface area contributed by atoms with Gasteiger partial charge in [-0.15, -0.1) is 0 Å². The highest BCUT2D eigenvalue weighted by molar-refractivity contribution is 5.85. The van der Waals surface area contributed by atoms with Crippen molar-refractivity contribution in [3.05, 3.63) is 59.5 Å². The van der Waals surface area contributed by atoms with Gasteiger partial charge in [0.25, 0.3) is 0 Å². The van der Waals surface area contributed by atoms with Crippen molar-refractivity contribution in [2.75, 3.05) is 32.8 Å². The maximum atomic E-state index is 12.1. The van der Waals surface area contributed by atoms with Crippen molar-refractivity contribution in [2.24, 2.45) is 4.99 Å². The number of nitrogens with one attached hydrogen (secondary N) is 2. The van der Waals surface area contributed by atoms with E-state index in [2.05, 4.69) is 39.6 Å². The Morgan fingerprint density at radius 1 is 1.25 bits per heavy atom. The van der Waals surface area contributed by atoms with Crippen LogP contribution in [0, 0.1) is 6.92 Å². The molecular formula is C21H28N4O3. The largest absolute Gasteiger partial charge is 0.467 e. The fraction of sp³-hybridized carbons (Fsp3) is 0.429. The van der Waals surface area contributed by atoms with Crippen LogP contribution in [0.4, 0.5) is 0 Å². The van der Waals surface area contributed by atoms with Crippen molar-refractivity contribution in [1.82, 2.24) is 15.5 Å². The number of carbonyl (C=O) groups is 1. The van der Waals surface area contributed by atoms with Crippen LogP contribution in [0.15, 0.2) is 52.1 Å². The Balaban J connectivity index is 1.61. The molecule has 1 fully saturated rings. The summed E-state index contributed by atoms with van der Waals surface area (Å²) in [5, 5.41) is 6.10. The minimum atomic E-state index is -0.143. The number of ether oxygens (including phenoxy) is 1. The first-order valence-electron chi connectivity index (χ1n) is 9.67. The van der Waals surface area contributed by atoms with E-state index >= 15 is 0 Å². The molecule has 150 valence electrons. The van der Waals surface area contributed by atoms with E-state index in [4.69, 9.17) is 9.15 Å². The first-order chi connectivity index (χ1) is 13.7. The zero-order valence-electron chi connectivity index (χ0n) is 16.5. The number of hydrogen-bond acceptors (Lipinski definition) is 4. The van der Waals surface area contributed by atoms with Gasteiger partial charge in [0.05, 0.1) is 26.0 Å². The van der Waals surface area contributed by atoms with Crippen LogP contribution in [0.2, 0.25) is 0 Å². The monoisotopic (exact) mass is 384 g/mol. The molecule has 1 aliphatic heterocycles. The second kappa shape index (κ2) is 9.94. The summed E-state index contributed by atoms with van der Waals surface area (Å²) in [4.78, 5) is 18.8. The zero-order valence-corrected chi connectivity index (χ0v) is 16.5. The Kier molecular flexibility index (Phi) is 7.08. The van der Waals surface area contributed by atoms with E-state index in [1.54, 1.807) is 12.3 Å². The molecule has 28 heavy (non-hydrogen) atoms. The van der Waals surface area contributed by atoms with Crippen LogP contribution in [-0.4, -0.2) is 49.6 Å². The molecule has 2 heterocycles. The molecule has 0 radical (unpaired) electrons. The number of hydrogen-bond donors (Lipinski definition) is 2. The predicted octanol–water partition coefficient (Wildman–Crippen LogP) is 2.24. The summed E-state index contributed by atoms with van der Waals surface area (Å²) in [5.74, 6) is 1.31. The number of nitrogens with zero attached hydrogens (tertiary/aromatic N) is 2. The van der Waals surface area contributed by atoms with Gasteiger partial charge in [-0.3, -0.25) is 4.79 Å². The van der Waals surface area contributed by atoms with Crippen LogP contribution in [-0.2, 0) is 16.1 Å². The van der Waals surface area contributed by atoms with Crippen LogP contribution >= 0.6 is 0 Å². The molecule has 0 aliphatic carbocycles. The van der Waals surface area contributed by atoms with Gasteiger partial charge in [0.15, 0.2) is 5.96 Å². The maximum Gasteiger partial charge on any atom is 0.242 e. The van der Waals surface area contributed by atoms with E-state index < -0.39 is 0 Å². The van der Waals surface area contributed by atoms with Gasteiger partial charge < -0.3 is 24.7 Å². The molecule has 7 heteroatoms. The molecule has 2 N–H and O–H groups in total. The molecule has 0 bridgehead atoms. The molecule has 1 aromatic carbocycles. The third-order valence-corrected chi connectivity index (χ3v) is 4.65. The van der Waals surface area contributed by atoms with Gasteiger partial charge in [0.2, 0.25) is 5.91 Å². The quantitative estimate of drug-likeness (QED) is 0.590. The fourth-order valence-electron chi connectivity index (χ4n) is 3.21. The van der Waals surface area contributed by atoms with Gasteiger partial charge in [0.1, 0.15) is 18.4 Å². The molecule has 0 saturated carbocycles. The van der Waals surface area contributed by atoms with Crippen LogP contribution in [0.5, 0.6) is 0 Å². The van der Waals surface area contributed by atoms with Gasteiger partial charge in [-0.2, -0.15) is 0 Å². The Morgan fingerprint density at radius 2 is 2.11 bits per heavy atom. The van der Waals surface area contributed by atoms with Crippen molar-refractivity contribution in [3.63, 3.8) is 0 Å². The lowest BCUT2D eigenvalue weighted by molar-refractivity contribution is -0.119. The average molecular weight is 384 g/mol. The van der Waals surface area contributed by atoms with Crippen molar-refractivity contribution in [2.45, 2.75) is 26.5 Å². The highest BCUT2D eigenvalue weighted by atomic mass is 16.5. The summed E-state index contributed by atoms with van der Waals surface area (Å²) < 4.78 is 11.2. The Hall–Kier alpha value is -2.80. The second-order valence-electron chi connectivity index (χ2n) is 6.69. The summed E-state index contributed by atoms with van der Waals surface area (Å²) in [6.45, 7) is 7.34. The van der Waals surface area contributed by atoms with E-state index in [0.717, 1.165) is 24.8 Å². The Bertz CT molecular complexity index is 789. The molecule has 1 aromatic heterocycles. The molecular weight excluding hydrogens is 356 g/mol. The number of rotatable bonds is 6. The topological polar surface area (TPSA) is 79.1 Å². The SMILES string of the molecule is CCNC(=NCC(=O)NCc1ccco1)N1CCOC(c2ccccc2C)C1. The molecule has 7 nitrogen and oxygen atoms in total. The first-order valence-corrected chi connectivity index (χ1v) is 9.67. The third-order valence-electron chi connectivity index (χ3n) is 4.65. The molecule has 3 rings (SSSR count). The van der Waals surface area contributed by atoms with E-state index in [1.807, 2.05) is 25.1 Å². The van der Waals surface area contributed by atoms with E-state index in [9.17, 15) is 4.79 Å². The van der Waals surface area contributed by atoms with E-state index in [-0.39, 0.29) is 18.6 Å². The lowest BCUT2D eigenvalue weighted by Gasteiger charge is -2.35. The van der Waals surface area contributed by atoms with Gasteiger partial charge in [-0.05, 0) is 37.1 Å². The summed E-state index contributed by atoms with van der Waals surface area (Å²) in [6, 6.07) is 11.9. The fourth-order valence-corrected chi connectivity index (χ4v) is 3.21. The number of carbonyl (C=O) groups excluding carboxylic acids is 1. The smallest absolute Gasteiger partial charge is 0.242 e. The van der Waals surface area contributed by atoms with Crippen molar-refractivity contribution in [3.8, 4) is 0 Å². The molecule has 2 aromatic rings. The van der Waals surface area contributed by atoms with Crippen molar-refractivity contribution < 1.29 is 13.9 Å². The normalized spacial score (nSPS) is 17.4. The molecule has 0 spiro atoms. The molecule has 1 atom stereocenters. The van der Waals surface area contributed by atoms with Gasteiger partial charge >= 0.3 is 0 Å². The number of guanidine groups is 1.